The first-order valence-electron chi connectivity index (χ1n) is 7.41. The van der Waals surface area contributed by atoms with Crippen LogP contribution in [0, 0.1) is 12.8 Å². The standard InChI is InChI=1S/C15H18N4OS2/c1-7(2)10-5-9-11(6-20-10)22-14-12(9)13-18-17-8(3)19(13)15(16-14)21-4/h7,10H,5-6H2,1-4H3/t10-/m0/s1. The summed E-state index contributed by atoms with van der Waals surface area (Å²) in [6.45, 7) is 7.09. The number of aromatic nitrogens is 4. The smallest absolute Gasteiger partial charge is 0.176 e. The van der Waals surface area contributed by atoms with Crippen molar-refractivity contribution in [3.8, 4) is 0 Å². The summed E-state index contributed by atoms with van der Waals surface area (Å²) in [5.74, 6) is 1.40. The van der Waals surface area contributed by atoms with Gasteiger partial charge in [-0.05, 0) is 24.7 Å². The Morgan fingerprint density at radius 1 is 1.36 bits per heavy atom. The summed E-state index contributed by atoms with van der Waals surface area (Å²) >= 11 is 3.37. The maximum absolute atomic E-state index is 6.00. The van der Waals surface area contributed by atoms with Crippen molar-refractivity contribution in [2.75, 3.05) is 6.26 Å². The molecule has 4 rings (SSSR count). The Kier molecular flexibility index (Phi) is 3.39. The van der Waals surface area contributed by atoms with Gasteiger partial charge in [0.25, 0.3) is 0 Å². The number of hydrogen-bond donors (Lipinski definition) is 0. The summed E-state index contributed by atoms with van der Waals surface area (Å²) < 4.78 is 8.07. The molecule has 1 aliphatic heterocycles. The van der Waals surface area contributed by atoms with Crippen LogP contribution in [0.15, 0.2) is 5.16 Å². The lowest BCUT2D eigenvalue weighted by Crippen LogP contribution is -2.26. The van der Waals surface area contributed by atoms with E-state index in [0.717, 1.165) is 27.9 Å². The Balaban J connectivity index is 2.02. The molecule has 5 nitrogen and oxygen atoms in total. The van der Waals surface area contributed by atoms with E-state index in [0.29, 0.717) is 12.5 Å². The van der Waals surface area contributed by atoms with Crippen molar-refractivity contribution in [3.63, 3.8) is 0 Å². The van der Waals surface area contributed by atoms with E-state index in [9.17, 15) is 0 Å². The molecule has 0 fully saturated rings. The van der Waals surface area contributed by atoms with E-state index in [-0.39, 0.29) is 6.10 Å². The quantitative estimate of drug-likeness (QED) is 0.530. The highest BCUT2D eigenvalue weighted by atomic mass is 32.2. The van der Waals surface area contributed by atoms with Gasteiger partial charge in [-0.25, -0.2) is 4.98 Å². The predicted octanol–water partition coefficient (Wildman–Crippen LogP) is 3.47. The molecule has 0 aromatic carbocycles. The fourth-order valence-electron chi connectivity index (χ4n) is 3.04. The number of thiophene rings is 1. The van der Waals surface area contributed by atoms with E-state index in [1.807, 2.05) is 13.2 Å². The zero-order valence-electron chi connectivity index (χ0n) is 13.1. The second-order valence-corrected chi connectivity index (χ2v) is 7.84. The van der Waals surface area contributed by atoms with Gasteiger partial charge in [0.05, 0.1) is 18.1 Å². The number of nitrogens with zero attached hydrogens (tertiary/aromatic N) is 4. The molecule has 116 valence electrons. The number of rotatable bonds is 2. The maximum atomic E-state index is 6.00. The molecule has 4 heterocycles. The number of ether oxygens (including phenoxy) is 1. The fourth-order valence-corrected chi connectivity index (χ4v) is 4.80. The van der Waals surface area contributed by atoms with Gasteiger partial charge >= 0.3 is 0 Å². The fraction of sp³-hybridized carbons (Fsp3) is 0.533. The molecule has 22 heavy (non-hydrogen) atoms. The highest BCUT2D eigenvalue weighted by molar-refractivity contribution is 7.98. The molecule has 3 aromatic heterocycles. The van der Waals surface area contributed by atoms with E-state index in [1.165, 1.54) is 15.8 Å². The van der Waals surface area contributed by atoms with Crippen LogP contribution < -0.4 is 0 Å². The van der Waals surface area contributed by atoms with Crippen LogP contribution in [0.3, 0.4) is 0 Å². The third-order valence-corrected chi connectivity index (χ3v) is 6.01. The molecule has 0 unspecified atom stereocenters. The van der Waals surface area contributed by atoms with Gasteiger partial charge in [0, 0.05) is 11.3 Å². The first-order valence-corrected chi connectivity index (χ1v) is 9.45. The first kappa shape index (κ1) is 14.4. The van der Waals surface area contributed by atoms with Crippen molar-refractivity contribution in [2.45, 2.75) is 45.1 Å². The zero-order valence-corrected chi connectivity index (χ0v) is 14.7. The second kappa shape index (κ2) is 5.18. The Morgan fingerprint density at radius 3 is 2.91 bits per heavy atom. The third-order valence-electron chi connectivity index (χ3n) is 4.27. The van der Waals surface area contributed by atoms with Crippen LogP contribution in [-0.2, 0) is 17.8 Å². The van der Waals surface area contributed by atoms with Gasteiger partial charge in [0.1, 0.15) is 10.7 Å². The van der Waals surface area contributed by atoms with Crippen LogP contribution >= 0.6 is 23.1 Å². The van der Waals surface area contributed by atoms with Crippen LogP contribution in [-0.4, -0.2) is 31.9 Å². The molecule has 0 bridgehead atoms. The average Bonchev–Trinajstić information content (AvgIpc) is 3.06. The summed E-state index contributed by atoms with van der Waals surface area (Å²) in [6.07, 6.45) is 3.25. The third kappa shape index (κ3) is 1.99. The SMILES string of the molecule is CSc1nc2sc3c(c2c2nnc(C)n12)C[C@@H](C(C)C)OC3. The minimum absolute atomic E-state index is 0.273. The molecule has 0 amide bonds. The summed E-state index contributed by atoms with van der Waals surface area (Å²) in [6, 6.07) is 0. The molecule has 0 aliphatic carbocycles. The Labute approximate surface area is 137 Å². The molecule has 0 spiro atoms. The van der Waals surface area contributed by atoms with Gasteiger partial charge < -0.3 is 4.74 Å². The summed E-state index contributed by atoms with van der Waals surface area (Å²) in [7, 11) is 0. The van der Waals surface area contributed by atoms with Crippen molar-refractivity contribution in [3.05, 3.63) is 16.3 Å². The molecule has 0 radical (unpaired) electrons. The molecule has 0 saturated heterocycles. The van der Waals surface area contributed by atoms with Gasteiger partial charge in [-0.15, -0.1) is 21.5 Å². The number of thioether (sulfide) groups is 1. The van der Waals surface area contributed by atoms with Gasteiger partial charge in [-0.2, -0.15) is 0 Å². The minimum Gasteiger partial charge on any atom is -0.372 e. The normalized spacial score (nSPS) is 18.5. The highest BCUT2D eigenvalue weighted by Crippen LogP contribution is 2.39. The lowest BCUT2D eigenvalue weighted by atomic mass is 9.96. The van der Waals surface area contributed by atoms with Gasteiger partial charge in [0.15, 0.2) is 10.8 Å². The van der Waals surface area contributed by atoms with Gasteiger partial charge in [-0.3, -0.25) is 4.40 Å². The van der Waals surface area contributed by atoms with Crippen molar-refractivity contribution < 1.29 is 4.74 Å². The van der Waals surface area contributed by atoms with Crippen LogP contribution in [0.25, 0.3) is 15.9 Å². The number of aryl methyl sites for hydroxylation is 1. The topological polar surface area (TPSA) is 52.3 Å². The largest absolute Gasteiger partial charge is 0.372 e. The molecule has 1 aliphatic rings. The second-order valence-electron chi connectivity index (χ2n) is 5.99. The molecular weight excluding hydrogens is 316 g/mol. The molecule has 3 aromatic rings. The summed E-state index contributed by atoms with van der Waals surface area (Å²) in [5.41, 5.74) is 2.30. The minimum atomic E-state index is 0.273. The van der Waals surface area contributed by atoms with Crippen LogP contribution in [0.2, 0.25) is 0 Å². The van der Waals surface area contributed by atoms with Crippen LogP contribution in [0.5, 0.6) is 0 Å². The molecule has 1 atom stereocenters. The number of hydrogen-bond acceptors (Lipinski definition) is 6. The summed E-state index contributed by atoms with van der Waals surface area (Å²) in [5, 5.41) is 10.8. The van der Waals surface area contributed by atoms with Crippen LogP contribution in [0.1, 0.15) is 30.1 Å². The van der Waals surface area contributed by atoms with Gasteiger partial charge in [0.2, 0.25) is 0 Å². The van der Waals surface area contributed by atoms with Crippen LogP contribution in [0.4, 0.5) is 0 Å². The zero-order chi connectivity index (χ0) is 15.4. The first-order chi connectivity index (χ1) is 10.6. The van der Waals surface area contributed by atoms with E-state index in [2.05, 4.69) is 28.4 Å². The molecule has 0 saturated carbocycles. The van der Waals surface area contributed by atoms with Crippen molar-refractivity contribution >= 4 is 39.0 Å². The average molecular weight is 334 g/mol. The van der Waals surface area contributed by atoms with E-state index >= 15 is 0 Å². The Bertz CT molecular complexity index is 868. The Hall–Kier alpha value is -1.18. The molecule has 0 N–H and O–H groups in total. The van der Waals surface area contributed by atoms with Crippen molar-refractivity contribution in [1.29, 1.82) is 0 Å². The Morgan fingerprint density at radius 2 is 2.18 bits per heavy atom. The van der Waals surface area contributed by atoms with Crippen molar-refractivity contribution in [1.82, 2.24) is 19.6 Å². The lowest BCUT2D eigenvalue weighted by Gasteiger charge is -2.26. The summed E-state index contributed by atoms with van der Waals surface area (Å²) in [4.78, 5) is 7.19. The molecular formula is C15H18N4OS2. The van der Waals surface area contributed by atoms with Gasteiger partial charge in [-0.1, -0.05) is 25.6 Å². The van der Waals surface area contributed by atoms with E-state index in [4.69, 9.17) is 9.72 Å². The number of fused-ring (bicyclic) bond motifs is 5. The monoisotopic (exact) mass is 334 g/mol. The maximum Gasteiger partial charge on any atom is 0.176 e. The van der Waals surface area contributed by atoms with Crippen molar-refractivity contribution in [2.24, 2.45) is 5.92 Å². The lowest BCUT2D eigenvalue weighted by molar-refractivity contribution is 0.00203. The molecule has 7 heteroatoms. The van der Waals surface area contributed by atoms with E-state index in [1.54, 1.807) is 23.1 Å². The van der Waals surface area contributed by atoms with E-state index < -0.39 is 0 Å². The predicted molar refractivity (Wildman–Crippen MR) is 89.8 cm³/mol. The highest BCUT2D eigenvalue weighted by Gasteiger charge is 2.28.